The van der Waals surface area contributed by atoms with Crippen LogP contribution in [0.5, 0.6) is 0 Å². The van der Waals surface area contributed by atoms with Crippen molar-refractivity contribution in [1.29, 1.82) is 0 Å². The van der Waals surface area contributed by atoms with Crippen LogP contribution in [0.1, 0.15) is 32.2 Å². The Kier molecular flexibility index (Phi) is 2.66. The third-order valence-corrected chi connectivity index (χ3v) is 2.77. The molecule has 0 amide bonds. The average Bonchev–Trinajstić information content (AvgIpc) is 2.54. The maximum Gasteiger partial charge on any atom is 0.139 e. The first-order chi connectivity index (χ1) is 7.43. The van der Waals surface area contributed by atoms with Crippen molar-refractivity contribution in [1.82, 2.24) is 9.38 Å². The fourth-order valence-electron chi connectivity index (χ4n) is 1.80. The van der Waals surface area contributed by atoms with Crippen LogP contribution in [0.2, 0.25) is 0 Å². The van der Waals surface area contributed by atoms with Gasteiger partial charge in [-0.1, -0.05) is 20.8 Å². The Labute approximate surface area is 99.1 Å². The second-order valence-corrected chi connectivity index (χ2v) is 5.13. The summed E-state index contributed by atoms with van der Waals surface area (Å²) in [6.45, 7) is 6.21. The standard InChI is InChI=1S/C12H14ClFN2/c1-12(2,3)11-9(6-13)16-7-8(14)4-5-10(16)15-11/h4-5,7H,6H2,1-3H3. The number of pyridine rings is 1. The third kappa shape index (κ3) is 1.80. The summed E-state index contributed by atoms with van der Waals surface area (Å²) in [5.74, 6) is 0.0498. The lowest BCUT2D eigenvalue weighted by Gasteiger charge is -2.16. The monoisotopic (exact) mass is 240 g/mol. The van der Waals surface area contributed by atoms with Gasteiger partial charge in [0, 0.05) is 11.6 Å². The van der Waals surface area contributed by atoms with E-state index in [2.05, 4.69) is 25.8 Å². The van der Waals surface area contributed by atoms with E-state index < -0.39 is 0 Å². The molecule has 0 spiro atoms. The van der Waals surface area contributed by atoms with Crippen LogP contribution in [-0.4, -0.2) is 9.38 Å². The van der Waals surface area contributed by atoms with Crippen molar-refractivity contribution in [3.63, 3.8) is 0 Å². The lowest BCUT2D eigenvalue weighted by atomic mass is 9.91. The van der Waals surface area contributed by atoms with Crippen LogP contribution in [0.3, 0.4) is 0 Å². The van der Waals surface area contributed by atoms with Crippen molar-refractivity contribution < 1.29 is 4.39 Å². The number of nitrogens with zero attached hydrogens (tertiary/aromatic N) is 2. The quantitative estimate of drug-likeness (QED) is 0.698. The Bertz CT molecular complexity index is 526. The SMILES string of the molecule is CC(C)(C)c1nc2ccc(F)cn2c1CCl. The third-order valence-electron chi connectivity index (χ3n) is 2.52. The molecule has 2 rings (SSSR count). The normalized spacial score (nSPS) is 12.3. The van der Waals surface area contributed by atoms with Crippen LogP contribution in [-0.2, 0) is 11.3 Å². The minimum atomic E-state index is -0.281. The Morgan fingerprint density at radius 2 is 2.06 bits per heavy atom. The van der Waals surface area contributed by atoms with E-state index in [1.165, 1.54) is 12.3 Å². The summed E-state index contributed by atoms with van der Waals surface area (Å²) in [5, 5.41) is 0. The predicted octanol–water partition coefficient (Wildman–Crippen LogP) is 3.51. The Morgan fingerprint density at radius 1 is 1.38 bits per heavy atom. The molecular weight excluding hydrogens is 227 g/mol. The van der Waals surface area contributed by atoms with Crippen LogP contribution in [0.25, 0.3) is 5.65 Å². The minimum absolute atomic E-state index is 0.0906. The number of rotatable bonds is 1. The zero-order chi connectivity index (χ0) is 11.9. The molecule has 0 atom stereocenters. The molecule has 16 heavy (non-hydrogen) atoms. The Balaban J connectivity index is 2.77. The topological polar surface area (TPSA) is 17.3 Å². The van der Waals surface area contributed by atoms with Crippen LogP contribution < -0.4 is 0 Å². The highest BCUT2D eigenvalue weighted by molar-refractivity contribution is 6.17. The molecule has 4 heteroatoms. The predicted molar refractivity (Wildman–Crippen MR) is 63.4 cm³/mol. The van der Waals surface area contributed by atoms with Crippen molar-refractivity contribution in [2.45, 2.75) is 32.1 Å². The Morgan fingerprint density at radius 3 is 2.62 bits per heavy atom. The van der Waals surface area contributed by atoms with E-state index in [0.717, 1.165) is 17.0 Å². The second kappa shape index (κ2) is 3.74. The van der Waals surface area contributed by atoms with Gasteiger partial charge < -0.3 is 0 Å². The van der Waals surface area contributed by atoms with Gasteiger partial charge in [0.25, 0.3) is 0 Å². The van der Waals surface area contributed by atoms with Gasteiger partial charge >= 0.3 is 0 Å². The fourth-order valence-corrected chi connectivity index (χ4v) is 2.05. The first-order valence-corrected chi connectivity index (χ1v) is 5.70. The van der Waals surface area contributed by atoms with Crippen molar-refractivity contribution in [2.24, 2.45) is 0 Å². The van der Waals surface area contributed by atoms with Crippen molar-refractivity contribution in [3.8, 4) is 0 Å². The van der Waals surface area contributed by atoms with E-state index in [9.17, 15) is 4.39 Å². The summed E-state index contributed by atoms with van der Waals surface area (Å²) in [7, 11) is 0. The largest absolute Gasteiger partial charge is 0.300 e. The maximum absolute atomic E-state index is 13.2. The van der Waals surface area contributed by atoms with E-state index in [-0.39, 0.29) is 11.2 Å². The van der Waals surface area contributed by atoms with Crippen LogP contribution in [0.4, 0.5) is 4.39 Å². The molecular formula is C12H14ClFN2. The van der Waals surface area contributed by atoms with Crippen molar-refractivity contribution >= 4 is 17.2 Å². The molecule has 0 fully saturated rings. The first kappa shape index (κ1) is 11.4. The lowest BCUT2D eigenvalue weighted by Crippen LogP contribution is -2.14. The Hall–Kier alpha value is -1.09. The van der Waals surface area contributed by atoms with Gasteiger partial charge in [0.1, 0.15) is 11.5 Å². The molecule has 0 N–H and O–H groups in total. The summed E-state index contributed by atoms with van der Waals surface area (Å²) in [6.07, 6.45) is 1.43. The number of halogens is 2. The molecule has 0 aliphatic carbocycles. The van der Waals surface area contributed by atoms with Crippen LogP contribution in [0.15, 0.2) is 18.3 Å². The highest BCUT2D eigenvalue weighted by atomic mass is 35.5. The summed E-state index contributed by atoms with van der Waals surface area (Å²) in [4.78, 5) is 4.51. The smallest absolute Gasteiger partial charge is 0.139 e. The zero-order valence-corrected chi connectivity index (χ0v) is 10.3. The maximum atomic E-state index is 13.2. The van der Waals surface area contributed by atoms with E-state index in [4.69, 9.17) is 11.6 Å². The molecule has 0 bridgehead atoms. The lowest BCUT2D eigenvalue weighted by molar-refractivity contribution is 0.567. The molecule has 0 unspecified atom stereocenters. The molecule has 2 aromatic rings. The summed E-state index contributed by atoms with van der Waals surface area (Å²) < 4.78 is 14.9. The first-order valence-electron chi connectivity index (χ1n) is 5.16. The highest BCUT2D eigenvalue weighted by Crippen LogP contribution is 2.27. The molecule has 0 radical (unpaired) electrons. The van der Waals surface area contributed by atoms with Crippen molar-refractivity contribution in [2.75, 3.05) is 0 Å². The summed E-state index contributed by atoms with van der Waals surface area (Å²) in [6, 6.07) is 3.08. The van der Waals surface area contributed by atoms with Gasteiger partial charge in [-0.3, -0.25) is 4.40 Å². The molecule has 2 heterocycles. The van der Waals surface area contributed by atoms with Gasteiger partial charge in [-0.05, 0) is 12.1 Å². The molecule has 0 saturated carbocycles. The van der Waals surface area contributed by atoms with Gasteiger partial charge in [-0.15, -0.1) is 11.6 Å². The van der Waals surface area contributed by atoms with E-state index in [1.54, 1.807) is 10.5 Å². The van der Waals surface area contributed by atoms with Gasteiger partial charge in [0.15, 0.2) is 0 Å². The highest BCUT2D eigenvalue weighted by Gasteiger charge is 2.23. The molecule has 0 saturated heterocycles. The summed E-state index contributed by atoms with van der Waals surface area (Å²) >= 11 is 5.93. The van der Waals surface area contributed by atoms with Crippen molar-refractivity contribution in [3.05, 3.63) is 35.5 Å². The van der Waals surface area contributed by atoms with E-state index >= 15 is 0 Å². The number of fused-ring (bicyclic) bond motifs is 1. The minimum Gasteiger partial charge on any atom is -0.300 e. The van der Waals surface area contributed by atoms with Gasteiger partial charge in [0.2, 0.25) is 0 Å². The number of hydrogen-bond donors (Lipinski definition) is 0. The molecule has 2 nitrogen and oxygen atoms in total. The molecule has 0 aliphatic heterocycles. The van der Waals surface area contributed by atoms with Gasteiger partial charge in [-0.2, -0.15) is 0 Å². The number of imidazole rings is 1. The zero-order valence-electron chi connectivity index (χ0n) is 9.59. The average molecular weight is 241 g/mol. The van der Waals surface area contributed by atoms with Gasteiger partial charge in [-0.25, -0.2) is 9.37 Å². The van der Waals surface area contributed by atoms with Gasteiger partial charge in [0.05, 0.1) is 17.3 Å². The number of aromatic nitrogens is 2. The second-order valence-electron chi connectivity index (χ2n) is 4.87. The van der Waals surface area contributed by atoms with E-state index in [1.807, 2.05) is 0 Å². The fraction of sp³-hybridized carbons (Fsp3) is 0.417. The molecule has 0 aliphatic rings. The van der Waals surface area contributed by atoms with Crippen LogP contribution >= 0.6 is 11.6 Å². The molecule has 86 valence electrons. The number of hydrogen-bond acceptors (Lipinski definition) is 1. The summed E-state index contributed by atoms with van der Waals surface area (Å²) in [5.41, 5.74) is 2.44. The molecule has 2 aromatic heterocycles. The van der Waals surface area contributed by atoms with E-state index in [0.29, 0.717) is 5.88 Å². The molecule has 0 aromatic carbocycles. The van der Waals surface area contributed by atoms with Crippen LogP contribution in [0, 0.1) is 5.82 Å². The number of alkyl halides is 1.